The van der Waals surface area contributed by atoms with Crippen LogP contribution in [-0.4, -0.2) is 4.98 Å². The minimum absolute atomic E-state index is 0.688. The summed E-state index contributed by atoms with van der Waals surface area (Å²) < 4.78 is 5.74. The number of aromatic nitrogens is 1. The predicted octanol–water partition coefficient (Wildman–Crippen LogP) is 6.57. The van der Waals surface area contributed by atoms with E-state index in [2.05, 4.69) is 36.2 Å². The van der Waals surface area contributed by atoms with E-state index in [1.807, 2.05) is 73.7 Å². The van der Waals surface area contributed by atoms with E-state index in [1.54, 1.807) is 0 Å². The lowest BCUT2D eigenvalue weighted by Crippen LogP contribution is -1.81. The summed E-state index contributed by atoms with van der Waals surface area (Å²) in [4.78, 5) is 4.49. The van der Waals surface area contributed by atoms with Crippen LogP contribution < -0.4 is 0 Å². The Kier molecular flexibility index (Phi) is 6.00. The molecule has 0 spiro atoms. The van der Waals surface area contributed by atoms with Gasteiger partial charge in [-0.25, -0.2) is 4.98 Å². The van der Waals surface area contributed by atoms with Crippen molar-refractivity contribution in [2.45, 2.75) is 20.3 Å². The van der Waals surface area contributed by atoms with E-state index in [0.29, 0.717) is 5.89 Å². The van der Waals surface area contributed by atoms with Gasteiger partial charge in [0.1, 0.15) is 5.69 Å². The number of benzene rings is 3. The molecular weight excluding hydrogens is 318 g/mol. The summed E-state index contributed by atoms with van der Waals surface area (Å²) in [5, 5.41) is 0. The molecule has 0 amide bonds. The van der Waals surface area contributed by atoms with Gasteiger partial charge in [0.05, 0.1) is 0 Å². The van der Waals surface area contributed by atoms with E-state index >= 15 is 0 Å². The van der Waals surface area contributed by atoms with Gasteiger partial charge in [0.25, 0.3) is 0 Å². The Balaban J connectivity index is 0.000000206. The highest BCUT2D eigenvalue weighted by Crippen LogP contribution is 2.32. The lowest BCUT2D eigenvalue weighted by molar-refractivity contribution is 0.534. The summed E-state index contributed by atoms with van der Waals surface area (Å²) in [6.07, 6.45) is 1.14. The molecule has 1 aromatic heterocycles. The van der Waals surface area contributed by atoms with Gasteiger partial charge in [-0.2, -0.15) is 0 Å². The summed E-state index contributed by atoms with van der Waals surface area (Å²) in [6, 6.07) is 30.6. The van der Waals surface area contributed by atoms with E-state index in [1.165, 1.54) is 5.56 Å². The molecule has 0 saturated carbocycles. The first-order valence-corrected chi connectivity index (χ1v) is 8.90. The van der Waals surface area contributed by atoms with Crippen LogP contribution in [0, 0.1) is 6.92 Å². The number of rotatable bonds is 3. The fourth-order valence-electron chi connectivity index (χ4n) is 2.72. The monoisotopic (exact) mass is 341 g/mol. The second kappa shape index (κ2) is 8.82. The van der Waals surface area contributed by atoms with Crippen LogP contribution >= 0.6 is 0 Å². The number of hydrogen-bond acceptors (Lipinski definition) is 2. The zero-order chi connectivity index (χ0) is 18.2. The van der Waals surface area contributed by atoms with Crippen molar-refractivity contribution in [3.8, 4) is 22.6 Å². The molecule has 4 rings (SSSR count). The molecule has 0 aliphatic rings. The Morgan fingerprint density at radius 2 is 1.19 bits per heavy atom. The maximum Gasteiger partial charge on any atom is 0.192 e. The summed E-state index contributed by atoms with van der Waals surface area (Å²) >= 11 is 0. The van der Waals surface area contributed by atoms with Crippen LogP contribution in [0.1, 0.15) is 18.4 Å². The molecule has 0 saturated heterocycles. The van der Waals surface area contributed by atoms with Gasteiger partial charge in [-0.15, -0.1) is 0 Å². The Hall–Kier alpha value is -3.13. The van der Waals surface area contributed by atoms with Gasteiger partial charge in [-0.1, -0.05) is 97.9 Å². The Morgan fingerprint density at radius 1 is 0.692 bits per heavy atom. The summed E-state index contributed by atoms with van der Waals surface area (Å²) in [5.74, 6) is 1.52. The standard InChI is InChI=1S/C16H13NO.C8H10/c1-12-17-15(13-8-4-2-5-9-13)16(18-12)14-10-6-3-7-11-14;1-2-8-6-4-3-5-7-8/h2-11H,1H3;3-7H,2H2,1H3. The first-order chi connectivity index (χ1) is 12.8. The molecule has 0 fully saturated rings. The van der Waals surface area contributed by atoms with Crippen molar-refractivity contribution in [3.05, 3.63) is 102 Å². The highest BCUT2D eigenvalue weighted by Gasteiger charge is 2.14. The van der Waals surface area contributed by atoms with Crippen molar-refractivity contribution in [2.75, 3.05) is 0 Å². The molecule has 1 heterocycles. The third kappa shape index (κ3) is 4.48. The molecule has 0 N–H and O–H groups in total. The molecule has 4 aromatic rings. The van der Waals surface area contributed by atoms with Gasteiger partial charge in [0.2, 0.25) is 0 Å². The zero-order valence-corrected chi connectivity index (χ0v) is 15.2. The summed E-state index contributed by atoms with van der Waals surface area (Å²) in [6.45, 7) is 4.04. The van der Waals surface area contributed by atoms with Crippen molar-refractivity contribution < 1.29 is 4.42 Å². The van der Waals surface area contributed by atoms with Crippen molar-refractivity contribution >= 4 is 0 Å². The highest BCUT2D eigenvalue weighted by molar-refractivity contribution is 5.76. The van der Waals surface area contributed by atoms with Crippen molar-refractivity contribution in [2.24, 2.45) is 0 Å². The Morgan fingerprint density at radius 3 is 1.69 bits per heavy atom. The van der Waals surface area contributed by atoms with Gasteiger partial charge in [0.15, 0.2) is 11.7 Å². The van der Waals surface area contributed by atoms with Gasteiger partial charge < -0.3 is 4.42 Å². The SMILES string of the molecule is CCc1ccccc1.Cc1nc(-c2ccccc2)c(-c2ccccc2)o1. The number of nitrogens with zero attached hydrogens (tertiary/aromatic N) is 1. The lowest BCUT2D eigenvalue weighted by Gasteiger charge is -2.00. The van der Waals surface area contributed by atoms with Gasteiger partial charge in [-0.3, -0.25) is 0 Å². The average molecular weight is 341 g/mol. The van der Waals surface area contributed by atoms with Crippen molar-refractivity contribution in [1.82, 2.24) is 4.98 Å². The average Bonchev–Trinajstić information content (AvgIpc) is 3.12. The molecule has 0 radical (unpaired) electrons. The van der Waals surface area contributed by atoms with Crippen LogP contribution in [0.25, 0.3) is 22.6 Å². The lowest BCUT2D eigenvalue weighted by atomic mass is 10.1. The molecule has 130 valence electrons. The highest BCUT2D eigenvalue weighted by atomic mass is 16.4. The molecule has 0 aliphatic heterocycles. The van der Waals surface area contributed by atoms with E-state index in [-0.39, 0.29) is 0 Å². The Bertz CT molecular complexity index is 855. The maximum absolute atomic E-state index is 5.74. The Labute approximate surface area is 155 Å². The summed E-state index contributed by atoms with van der Waals surface area (Å²) in [7, 11) is 0. The molecule has 0 aliphatic carbocycles. The number of hydrogen-bond donors (Lipinski definition) is 0. The maximum atomic E-state index is 5.74. The minimum Gasteiger partial charge on any atom is -0.440 e. The predicted molar refractivity (Wildman–Crippen MR) is 108 cm³/mol. The first-order valence-electron chi connectivity index (χ1n) is 8.90. The second-order valence-corrected chi connectivity index (χ2v) is 5.98. The molecule has 0 unspecified atom stereocenters. The van der Waals surface area contributed by atoms with Gasteiger partial charge in [-0.05, 0) is 12.0 Å². The molecule has 26 heavy (non-hydrogen) atoms. The number of aryl methyl sites for hydroxylation is 2. The van der Waals surface area contributed by atoms with Crippen LogP contribution in [0.15, 0.2) is 95.4 Å². The van der Waals surface area contributed by atoms with E-state index in [9.17, 15) is 0 Å². The topological polar surface area (TPSA) is 26.0 Å². The van der Waals surface area contributed by atoms with E-state index < -0.39 is 0 Å². The fourth-order valence-corrected chi connectivity index (χ4v) is 2.72. The van der Waals surface area contributed by atoms with Crippen LogP contribution in [0.3, 0.4) is 0 Å². The molecule has 0 bridgehead atoms. The van der Waals surface area contributed by atoms with E-state index in [0.717, 1.165) is 29.0 Å². The zero-order valence-electron chi connectivity index (χ0n) is 15.2. The third-order valence-corrected chi connectivity index (χ3v) is 4.07. The van der Waals surface area contributed by atoms with Crippen LogP contribution in [-0.2, 0) is 6.42 Å². The number of oxazole rings is 1. The molecule has 2 nitrogen and oxygen atoms in total. The van der Waals surface area contributed by atoms with Crippen LogP contribution in [0.4, 0.5) is 0 Å². The summed E-state index contributed by atoms with van der Waals surface area (Å²) in [5.41, 5.74) is 4.44. The smallest absolute Gasteiger partial charge is 0.192 e. The van der Waals surface area contributed by atoms with Gasteiger partial charge in [0, 0.05) is 18.1 Å². The first kappa shape index (κ1) is 17.7. The minimum atomic E-state index is 0.688. The van der Waals surface area contributed by atoms with Gasteiger partial charge >= 0.3 is 0 Å². The van der Waals surface area contributed by atoms with Crippen LogP contribution in [0.2, 0.25) is 0 Å². The largest absolute Gasteiger partial charge is 0.440 e. The van der Waals surface area contributed by atoms with Crippen LogP contribution in [0.5, 0.6) is 0 Å². The second-order valence-electron chi connectivity index (χ2n) is 5.98. The molecule has 0 atom stereocenters. The quantitative estimate of drug-likeness (QED) is 0.421. The van der Waals surface area contributed by atoms with Crippen molar-refractivity contribution in [1.29, 1.82) is 0 Å². The van der Waals surface area contributed by atoms with E-state index in [4.69, 9.17) is 4.42 Å². The fraction of sp³-hybridized carbons (Fsp3) is 0.125. The molecular formula is C24H23NO. The third-order valence-electron chi connectivity index (χ3n) is 4.07. The van der Waals surface area contributed by atoms with Crippen molar-refractivity contribution in [3.63, 3.8) is 0 Å². The normalized spacial score (nSPS) is 10.1. The molecule has 3 aromatic carbocycles. The molecule has 2 heteroatoms.